The standard InChI is InChI=1S/C13H15NO2/c1-8(2)11-5-3-4-9-6-10(7-12(15)16)14-13(9)11/h3-6,8,14H,7H2,1-2H3,(H,15,16). The van der Waals surface area contributed by atoms with Crippen molar-refractivity contribution in [3.05, 3.63) is 35.5 Å². The molecule has 3 nitrogen and oxygen atoms in total. The van der Waals surface area contributed by atoms with Crippen molar-refractivity contribution in [1.82, 2.24) is 4.98 Å². The zero-order valence-corrected chi connectivity index (χ0v) is 9.45. The molecule has 0 aliphatic heterocycles. The van der Waals surface area contributed by atoms with Gasteiger partial charge in [0.25, 0.3) is 0 Å². The highest BCUT2D eigenvalue weighted by atomic mass is 16.4. The molecule has 2 aromatic rings. The second-order valence-corrected chi connectivity index (χ2v) is 4.33. The van der Waals surface area contributed by atoms with Crippen molar-refractivity contribution in [2.24, 2.45) is 0 Å². The number of H-pyrrole nitrogens is 1. The van der Waals surface area contributed by atoms with Crippen LogP contribution in [0.3, 0.4) is 0 Å². The van der Waals surface area contributed by atoms with E-state index < -0.39 is 5.97 Å². The molecule has 0 unspecified atom stereocenters. The summed E-state index contributed by atoms with van der Waals surface area (Å²) in [7, 11) is 0. The Hall–Kier alpha value is -1.77. The van der Waals surface area contributed by atoms with E-state index in [0.717, 1.165) is 16.6 Å². The van der Waals surface area contributed by atoms with Gasteiger partial charge < -0.3 is 10.1 Å². The van der Waals surface area contributed by atoms with Crippen LogP contribution in [-0.2, 0) is 11.2 Å². The lowest BCUT2D eigenvalue weighted by Gasteiger charge is -2.06. The van der Waals surface area contributed by atoms with Crippen molar-refractivity contribution in [2.75, 3.05) is 0 Å². The first-order chi connectivity index (χ1) is 7.58. The van der Waals surface area contributed by atoms with E-state index >= 15 is 0 Å². The van der Waals surface area contributed by atoms with Gasteiger partial charge in [0.2, 0.25) is 0 Å². The number of aliphatic carboxylic acids is 1. The van der Waals surface area contributed by atoms with Gasteiger partial charge in [-0.05, 0) is 22.9 Å². The molecule has 0 spiro atoms. The average Bonchev–Trinajstić information content (AvgIpc) is 2.57. The van der Waals surface area contributed by atoms with Crippen LogP contribution in [0.15, 0.2) is 24.3 Å². The fourth-order valence-corrected chi connectivity index (χ4v) is 1.98. The van der Waals surface area contributed by atoms with Gasteiger partial charge in [-0.3, -0.25) is 4.79 Å². The Labute approximate surface area is 94.1 Å². The fraction of sp³-hybridized carbons (Fsp3) is 0.308. The van der Waals surface area contributed by atoms with Gasteiger partial charge in [0.15, 0.2) is 0 Å². The maximum atomic E-state index is 10.6. The molecular weight excluding hydrogens is 202 g/mol. The number of nitrogens with one attached hydrogen (secondary N) is 1. The van der Waals surface area contributed by atoms with Gasteiger partial charge in [0, 0.05) is 11.2 Å². The number of fused-ring (bicyclic) bond motifs is 1. The third kappa shape index (κ3) is 1.94. The fourth-order valence-electron chi connectivity index (χ4n) is 1.98. The summed E-state index contributed by atoms with van der Waals surface area (Å²) in [5.74, 6) is -0.377. The molecule has 2 rings (SSSR count). The first kappa shape index (κ1) is 10.7. The molecule has 0 radical (unpaired) electrons. The van der Waals surface area contributed by atoms with Gasteiger partial charge in [-0.25, -0.2) is 0 Å². The number of aromatic nitrogens is 1. The van der Waals surface area contributed by atoms with E-state index in [9.17, 15) is 4.79 Å². The van der Waals surface area contributed by atoms with Gasteiger partial charge >= 0.3 is 5.97 Å². The lowest BCUT2D eigenvalue weighted by atomic mass is 10.0. The number of benzene rings is 1. The lowest BCUT2D eigenvalue weighted by Crippen LogP contribution is -1.99. The Balaban J connectivity index is 2.52. The van der Waals surface area contributed by atoms with Crippen molar-refractivity contribution < 1.29 is 9.90 Å². The van der Waals surface area contributed by atoms with Crippen LogP contribution in [0.1, 0.15) is 31.0 Å². The highest BCUT2D eigenvalue weighted by molar-refractivity contribution is 5.85. The van der Waals surface area contributed by atoms with Crippen molar-refractivity contribution in [3.63, 3.8) is 0 Å². The summed E-state index contributed by atoms with van der Waals surface area (Å²) in [4.78, 5) is 13.8. The summed E-state index contributed by atoms with van der Waals surface area (Å²) in [6, 6.07) is 8.00. The molecule has 84 valence electrons. The summed E-state index contributed by atoms with van der Waals surface area (Å²) >= 11 is 0. The zero-order valence-electron chi connectivity index (χ0n) is 9.45. The van der Waals surface area contributed by atoms with E-state index in [4.69, 9.17) is 5.11 Å². The van der Waals surface area contributed by atoms with Crippen LogP contribution in [0.4, 0.5) is 0 Å². The topological polar surface area (TPSA) is 53.1 Å². The van der Waals surface area contributed by atoms with E-state index in [1.807, 2.05) is 18.2 Å². The molecule has 0 saturated carbocycles. The molecule has 16 heavy (non-hydrogen) atoms. The molecular formula is C13H15NO2. The third-order valence-electron chi connectivity index (χ3n) is 2.71. The number of carbonyl (C=O) groups is 1. The molecule has 1 aromatic heterocycles. The highest BCUT2D eigenvalue weighted by Gasteiger charge is 2.09. The predicted molar refractivity (Wildman–Crippen MR) is 63.7 cm³/mol. The Kier molecular flexibility index (Phi) is 2.69. The normalized spacial score (nSPS) is 11.2. The first-order valence-corrected chi connectivity index (χ1v) is 5.40. The minimum atomic E-state index is -0.808. The molecule has 0 aliphatic rings. The second-order valence-electron chi connectivity index (χ2n) is 4.33. The van der Waals surface area contributed by atoms with Crippen molar-refractivity contribution in [1.29, 1.82) is 0 Å². The van der Waals surface area contributed by atoms with Crippen LogP contribution in [0.2, 0.25) is 0 Å². The van der Waals surface area contributed by atoms with Crippen molar-refractivity contribution in [2.45, 2.75) is 26.2 Å². The van der Waals surface area contributed by atoms with E-state index in [1.165, 1.54) is 5.56 Å². The van der Waals surface area contributed by atoms with Crippen LogP contribution >= 0.6 is 0 Å². The Morgan fingerprint density at radius 2 is 2.19 bits per heavy atom. The Bertz CT molecular complexity index is 526. The van der Waals surface area contributed by atoms with Crippen LogP contribution in [0.25, 0.3) is 10.9 Å². The monoisotopic (exact) mass is 217 g/mol. The number of aromatic amines is 1. The summed E-state index contributed by atoms with van der Waals surface area (Å²) < 4.78 is 0. The van der Waals surface area contributed by atoms with E-state index in [-0.39, 0.29) is 6.42 Å². The molecule has 0 aliphatic carbocycles. The Morgan fingerprint density at radius 3 is 2.81 bits per heavy atom. The average molecular weight is 217 g/mol. The summed E-state index contributed by atoms with van der Waals surface area (Å²) in [6.45, 7) is 4.26. The second kappa shape index (κ2) is 4.00. The van der Waals surface area contributed by atoms with Crippen LogP contribution < -0.4 is 0 Å². The van der Waals surface area contributed by atoms with Crippen LogP contribution in [0.5, 0.6) is 0 Å². The first-order valence-electron chi connectivity index (χ1n) is 5.40. The molecule has 0 atom stereocenters. The van der Waals surface area contributed by atoms with E-state index in [1.54, 1.807) is 0 Å². The Morgan fingerprint density at radius 1 is 1.44 bits per heavy atom. The summed E-state index contributed by atoms with van der Waals surface area (Å²) in [6.07, 6.45) is 0.0478. The highest BCUT2D eigenvalue weighted by Crippen LogP contribution is 2.25. The minimum Gasteiger partial charge on any atom is -0.481 e. The van der Waals surface area contributed by atoms with Crippen molar-refractivity contribution >= 4 is 16.9 Å². The number of carboxylic acid groups (broad SMARTS) is 1. The van der Waals surface area contributed by atoms with E-state index in [0.29, 0.717) is 5.92 Å². The molecule has 0 saturated heterocycles. The minimum absolute atomic E-state index is 0.0478. The van der Waals surface area contributed by atoms with Gasteiger partial charge in [-0.2, -0.15) is 0 Å². The number of rotatable bonds is 3. The quantitative estimate of drug-likeness (QED) is 0.830. The number of hydrogen-bond donors (Lipinski definition) is 2. The lowest BCUT2D eigenvalue weighted by molar-refractivity contribution is -0.136. The van der Waals surface area contributed by atoms with E-state index in [2.05, 4.69) is 24.9 Å². The summed E-state index contributed by atoms with van der Waals surface area (Å²) in [5.41, 5.74) is 3.05. The SMILES string of the molecule is CC(C)c1cccc2cc(CC(=O)O)[nH]c12. The zero-order chi connectivity index (χ0) is 11.7. The largest absolute Gasteiger partial charge is 0.481 e. The van der Waals surface area contributed by atoms with Gasteiger partial charge in [0.1, 0.15) is 0 Å². The molecule has 3 heteroatoms. The number of hydrogen-bond acceptors (Lipinski definition) is 1. The molecule has 1 heterocycles. The molecule has 2 N–H and O–H groups in total. The van der Waals surface area contributed by atoms with Crippen LogP contribution in [-0.4, -0.2) is 16.1 Å². The van der Waals surface area contributed by atoms with Gasteiger partial charge in [-0.1, -0.05) is 32.0 Å². The van der Waals surface area contributed by atoms with Crippen molar-refractivity contribution in [3.8, 4) is 0 Å². The maximum absolute atomic E-state index is 10.6. The third-order valence-corrected chi connectivity index (χ3v) is 2.71. The number of carboxylic acids is 1. The molecule has 1 aromatic carbocycles. The predicted octanol–water partition coefficient (Wildman–Crippen LogP) is 2.92. The number of para-hydroxylation sites is 1. The van der Waals surface area contributed by atoms with Gasteiger partial charge in [-0.15, -0.1) is 0 Å². The maximum Gasteiger partial charge on any atom is 0.309 e. The van der Waals surface area contributed by atoms with Gasteiger partial charge in [0.05, 0.1) is 6.42 Å². The molecule has 0 bridgehead atoms. The summed E-state index contributed by atoms with van der Waals surface area (Å²) in [5, 5.41) is 9.84. The smallest absolute Gasteiger partial charge is 0.309 e. The van der Waals surface area contributed by atoms with Crippen LogP contribution in [0, 0.1) is 0 Å². The molecule has 0 amide bonds. The molecule has 0 fully saturated rings.